The van der Waals surface area contributed by atoms with Gasteiger partial charge in [0.2, 0.25) is 0 Å². The zero-order valence-electron chi connectivity index (χ0n) is 14.1. The number of fused-ring (bicyclic) bond motifs is 5. The minimum absolute atomic E-state index is 0.0729. The summed E-state index contributed by atoms with van der Waals surface area (Å²) in [5.74, 6) is 3.06. The lowest BCUT2D eigenvalue weighted by Crippen LogP contribution is -2.54. The number of hydrogen-bond donors (Lipinski definition) is 1. The number of aliphatic hydroxyl groups excluding tert-OH is 1. The van der Waals surface area contributed by atoms with Gasteiger partial charge in [0.15, 0.2) is 5.78 Å². The van der Waals surface area contributed by atoms with E-state index in [1.54, 1.807) is 0 Å². The molecule has 0 heterocycles. The van der Waals surface area contributed by atoms with E-state index in [2.05, 4.69) is 20.4 Å². The van der Waals surface area contributed by atoms with Gasteiger partial charge >= 0.3 is 0 Å². The third-order valence-corrected chi connectivity index (χ3v) is 8.33. The van der Waals surface area contributed by atoms with Crippen LogP contribution in [-0.4, -0.2) is 17.0 Å². The topological polar surface area (TPSA) is 37.3 Å². The van der Waals surface area contributed by atoms with Crippen molar-refractivity contribution in [2.75, 3.05) is 0 Å². The monoisotopic (exact) mass is 302 g/mol. The first-order valence-electron chi connectivity index (χ1n) is 9.27. The SMILES string of the molecule is C=C1C[C@H]2[C@@H]3CC[C@@H]4C[C@H](O)CC[C@]4(C)[C@H]3CC[C@]2(C)C1=O. The molecule has 22 heavy (non-hydrogen) atoms. The molecule has 0 amide bonds. The van der Waals surface area contributed by atoms with E-state index in [-0.39, 0.29) is 11.5 Å². The lowest BCUT2D eigenvalue weighted by molar-refractivity contribution is -0.141. The number of ketones is 1. The maximum atomic E-state index is 12.6. The van der Waals surface area contributed by atoms with Crippen LogP contribution in [0.5, 0.6) is 0 Å². The Kier molecular flexibility index (Phi) is 3.18. The number of hydrogen-bond acceptors (Lipinski definition) is 2. The Bertz CT molecular complexity index is 524. The molecule has 0 aromatic rings. The molecule has 0 unspecified atom stereocenters. The Morgan fingerprint density at radius 3 is 2.64 bits per heavy atom. The molecule has 0 spiro atoms. The molecule has 0 radical (unpaired) electrons. The fourth-order valence-electron chi connectivity index (χ4n) is 6.98. The third kappa shape index (κ3) is 1.79. The van der Waals surface area contributed by atoms with E-state index in [1.807, 2.05) is 0 Å². The largest absolute Gasteiger partial charge is 0.393 e. The van der Waals surface area contributed by atoms with Gasteiger partial charge in [0.1, 0.15) is 0 Å². The molecular formula is C20H30O2. The van der Waals surface area contributed by atoms with Crippen LogP contribution in [-0.2, 0) is 4.79 Å². The quantitative estimate of drug-likeness (QED) is 0.683. The van der Waals surface area contributed by atoms with Crippen molar-refractivity contribution in [3.8, 4) is 0 Å². The Morgan fingerprint density at radius 2 is 1.86 bits per heavy atom. The Morgan fingerprint density at radius 1 is 1.09 bits per heavy atom. The van der Waals surface area contributed by atoms with Crippen molar-refractivity contribution in [2.24, 2.45) is 34.5 Å². The highest BCUT2D eigenvalue weighted by Crippen LogP contribution is 2.65. The summed E-state index contributed by atoms with van der Waals surface area (Å²) >= 11 is 0. The number of aliphatic hydroxyl groups is 1. The standard InChI is InChI=1S/C20H30O2/c1-12-10-17-15-5-4-13-11-14(21)6-8-19(13,2)16(15)7-9-20(17,3)18(12)22/h13-17,21H,1,4-11H2,2-3H3/t13-,14-,15-,16+,17+,19+,20+/m1/s1. The van der Waals surface area contributed by atoms with Crippen molar-refractivity contribution in [3.63, 3.8) is 0 Å². The number of carbonyl (C=O) groups excluding carboxylic acids is 1. The highest BCUT2D eigenvalue weighted by molar-refractivity contribution is 6.02. The summed E-state index contributed by atoms with van der Waals surface area (Å²) in [6, 6.07) is 0. The lowest BCUT2D eigenvalue weighted by atomic mass is 9.45. The highest BCUT2D eigenvalue weighted by atomic mass is 16.3. The molecule has 0 aromatic heterocycles. The van der Waals surface area contributed by atoms with Gasteiger partial charge in [-0.05, 0) is 86.0 Å². The second-order valence-electron chi connectivity index (χ2n) is 9.18. The van der Waals surface area contributed by atoms with Crippen molar-refractivity contribution >= 4 is 5.78 Å². The van der Waals surface area contributed by atoms with Gasteiger partial charge in [-0.2, -0.15) is 0 Å². The van der Waals surface area contributed by atoms with Gasteiger partial charge in [-0.1, -0.05) is 20.4 Å². The fourth-order valence-corrected chi connectivity index (χ4v) is 6.98. The predicted molar refractivity (Wildman–Crippen MR) is 87.3 cm³/mol. The Hall–Kier alpha value is -0.630. The van der Waals surface area contributed by atoms with Crippen molar-refractivity contribution < 1.29 is 9.90 Å². The molecule has 2 nitrogen and oxygen atoms in total. The van der Waals surface area contributed by atoms with Crippen molar-refractivity contribution in [3.05, 3.63) is 12.2 Å². The van der Waals surface area contributed by atoms with E-state index in [0.29, 0.717) is 29.0 Å². The van der Waals surface area contributed by atoms with Crippen LogP contribution >= 0.6 is 0 Å². The first-order valence-corrected chi connectivity index (χ1v) is 9.27. The van der Waals surface area contributed by atoms with Crippen molar-refractivity contribution in [1.29, 1.82) is 0 Å². The molecular weight excluding hydrogens is 272 g/mol. The molecule has 122 valence electrons. The molecule has 4 fully saturated rings. The van der Waals surface area contributed by atoms with Crippen LogP contribution in [0.4, 0.5) is 0 Å². The van der Waals surface area contributed by atoms with Gasteiger partial charge in [0.25, 0.3) is 0 Å². The Balaban J connectivity index is 1.66. The summed E-state index contributed by atoms with van der Waals surface area (Å²) in [5, 5.41) is 10.1. The molecule has 0 aliphatic heterocycles. The molecule has 7 atom stereocenters. The Labute approximate surface area is 134 Å². The summed E-state index contributed by atoms with van der Waals surface area (Å²) in [5.41, 5.74) is 1.17. The second kappa shape index (κ2) is 4.69. The van der Waals surface area contributed by atoms with Gasteiger partial charge < -0.3 is 5.11 Å². The highest BCUT2D eigenvalue weighted by Gasteiger charge is 2.60. The molecule has 0 aromatic carbocycles. The predicted octanol–water partition coefficient (Wildman–Crippen LogP) is 4.13. The number of Topliss-reactive ketones (excluding diaryl/α,β-unsaturated/α-hetero) is 1. The molecule has 0 saturated heterocycles. The first kappa shape index (κ1) is 14.9. The van der Waals surface area contributed by atoms with E-state index in [0.717, 1.165) is 37.2 Å². The van der Waals surface area contributed by atoms with Gasteiger partial charge in [-0.15, -0.1) is 0 Å². The van der Waals surface area contributed by atoms with E-state index >= 15 is 0 Å². The average Bonchev–Trinajstić information content (AvgIpc) is 2.72. The summed E-state index contributed by atoms with van der Waals surface area (Å²) in [7, 11) is 0. The number of rotatable bonds is 0. The molecule has 4 rings (SSSR count). The zero-order chi connectivity index (χ0) is 15.7. The molecule has 1 N–H and O–H groups in total. The smallest absolute Gasteiger partial charge is 0.164 e. The zero-order valence-corrected chi connectivity index (χ0v) is 14.1. The number of carbonyl (C=O) groups is 1. The van der Waals surface area contributed by atoms with Crippen LogP contribution in [0.25, 0.3) is 0 Å². The van der Waals surface area contributed by atoms with Crippen LogP contribution in [0.2, 0.25) is 0 Å². The second-order valence-corrected chi connectivity index (χ2v) is 9.18. The summed E-state index contributed by atoms with van der Waals surface area (Å²) < 4.78 is 0. The van der Waals surface area contributed by atoms with E-state index in [4.69, 9.17) is 0 Å². The van der Waals surface area contributed by atoms with Gasteiger partial charge in [-0.3, -0.25) is 4.79 Å². The van der Waals surface area contributed by atoms with Gasteiger partial charge in [-0.25, -0.2) is 0 Å². The van der Waals surface area contributed by atoms with Crippen molar-refractivity contribution in [1.82, 2.24) is 0 Å². The summed E-state index contributed by atoms with van der Waals surface area (Å²) in [4.78, 5) is 12.6. The third-order valence-electron chi connectivity index (χ3n) is 8.33. The van der Waals surface area contributed by atoms with Crippen LogP contribution in [0.1, 0.15) is 65.2 Å². The van der Waals surface area contributed by atoms with E-state index < -0.39 is 0 Å². The maximum Gasteiger partial charge on any atom is 0.164 e. The van der Waals surface area contributed by atoms with E-state index in [9.17, 15) is 9.90 Å². The summed E-state index contributed by atoms with van der Waals surface area (Å²) in [6.07, 6.45) is 8.81. The van der Waals surface area contributed by atoms with E-state index in [1.165, 1.54) is 25.7 Å². The normalized spacial score (nSPS) is 54.6. The minimum Gasteiger partial charge on any atom is -0.393 e. The molecule has 4 aliphatic rings. The molecule has 0 bridgehead atoms. The maximum absolute atomic E-state index is 12.6. The van der Waals surface area contributed by atoms with Crippen LogP contribution < -0.4 is 0 Å². The molecule has 4 aliphatic carbocycles. The van der Waals surface area contributed by atoms with Gasteiger partial charge in [0.05, 0.1) is 6.10 Å². The van der Waals surface area contributed by atoms with Crippen LogP contribution in [0.15, 0.2) is 12.2 Å². The number of allylic oxidation sites excluding steroid dienone is 1. The van der Waals surface area contributed by atoms with Crippen LogP contribution in [0.3, 0.4) is 0 Å². The summed E-state index contributed by atoms with van der Waals surface area (Å²) in [6.45, 7) is 8.78. The van der Waals surface area contributed by atoms with Gasteiger partial charge in [0, 0.05) is 5.41 Å². The van der Waals surface area contributed by atoms with Crippen LogP contribution in [0, 0.1) is 34.5 Å². The van der Waals surface area contributed by atoms with Crippen molar-refractivity contribution in [2.45, 2.75) is 71.3 Å². The molecule has 2 heteroatoms. The minimum atomic E-state index is -0.115. The lowest BCUT2D eigenvalue weighted by Gasteiger charge is -2.59. The molecule has 4 saturated carbocycles. The first-order chi connectivity index (χ1) is 10.4. The fraction of sp³-hybridized carbons (Fsp3) is 0.850. The average molecular weight is 302 g/mol.